The SMILES string of the molecule is O=C(O)CCCC(=O)c1c[nH]c2cc(F)ccc12. The van der Waals surface area contributed by atoms with E-state index < -0.39 is 5.97 Å². The highest BCUT2D eigenvalue weighted by Crippen LogP contribution is 2.21. The summed E-state index contributed by atoms with van der Waals surface area (Å²) in [7, 11) is 0. The lowest BCUT2D eigenvalue weighted by molar-refractivity contribution is -0.137. The number of ketones is 1. The normalized spacial score (nSPS) is 10.7. The van der Waals surface area contributed by atoms with E-state index in [2.05, 4.69) is 4.98 Å². The quantitative estimate of drug-likeness (QED) is 0.800. The van der Waals surface area contributed by atoms with Crippen molar-refractivity contribution >= 4 is 22.7 Å². The van der Waals surface area contributed by atoms with Gasteiger partial charge in [-0.1, -0.05) is 0 Å². The second-order valence-corrected chi connectivity index (χ2v) is 4.06. The predicted molar refractivity (Wildman–Crippen MR) is 64.1 cm³/mol. The third kappa shape index (κ3) is 2.56. The lowest BCUT2D eigenvalue weighted by Gasteiger charge is -1.98. The van der Waals surface area contributed by atoms with Gasteiger partial charge in [0.25, 0.3) is 0 Å². The molecule has 0 unspecified atom stereocenters. The number of aliphatic carboxylic acids is 1. The summed E-state index contributed by atoms with van der Waals surface area (Å²) in [6.07, 6.45) is 1.99. The van der Waals surface area contributed by atoms with Crippen LogP contribution in [0.4, 0.5) is 4.39 Å². The lowest BCUT2D eigenvalue weighted by atomic mass is 10.0. The van der Waals surface area contributed by atoms with Gasteiger partial charge in [-0.05, 0) is 24.6 Å². The maximum atomic E-state index is 13.0. The van der Waals surface area contributed by atoms with Gasteiger partial charge < -0.3 is 10.1 Å². The van der Waals surface area contributed by atoms with Crippen molar-refractivity contribution in [1.82, 2.24) is 4.98 Å². The van der Waals surface area contributed by atoms with Gasteiger partial charge in [0.2, 0.25) is 0 Å². The molecule has 0 fully saturated rings. The molecule has 0 spiro atoms. The van der Waals surface area contributed by atoms with Crippen LogP contribution < -0.4 is 0 Å². The van der Waals surface area contributed by atoms with Crippen molar-refractivity contribution in [1.29, 1.82) is 0 Å². The number of rotatable bonds is 5. The molecule has 0 aliphatic rings. The number of benzene rings is 1. The number of hydrogen-bond donors (Lipinski definition) is 2. The van der Waals surface area contributed by atoms with Crippen LogP contribution in [0.2, 0.25) is 0 Å². The number of carboxylic acid groups (broad SMARTS) is 1. The fraction of sp³-hybridized carbons (Fsp3) is 0.231. The Morgan fingerprint density at radius 3 is 2.78 bits per heavy atom. The largest absolute Gasteiger partial charge is 0.481 e. The van der Waals surface area contributed by atoms with Crippen molar-refractivity contribution in [3.05, 3.63) is 35.8 Å². The van der Waals surface area contributed by atoms with Crippen LogP contribution in [0, 0.1) is 5.82 Å². The van der Waals surface area contributed by atoms with Gasteiger partial charge in [0.15, 0.2) is 5.78 Å². The summed E-state index contributed by atoms with van der Waals surface area (Å²) in [4.78, 5) is 25.1. The summed E-state index contributed by atoms with van der Waals surface area (Å²) < 4.78 is 13.0. The Labute approximate surface area is 102 Å². The van der Waals surface area contributed by atoms with Gasteiger partial charge in [-0.25, -0.2) is 4.39 Å². The minimum Gasteiger partial charge on any atom is -0.481 e. The molecule has 0 amide bonds. The van der Waals surface area contributed by atoms with Crippen LogP contribution in [-0.4, -0.2) is 21.8 Å². The molecule has 0 saturated heterocycles. The molecule has 5 heteroatoms. The van der Waals surface area contributed by atoms with E-state index in [1.807, 2.05) is 0 Å². The van der Waals surface area contributed by atoms with E-state index in [0.29, 0.717) is 22.9 Å². The number of carbonyl (C=O) groups is 2. The monoisotopic (exact) mass is 249 g/mol. The summed E-state index contributed by atoms with van der Waals surface area (Å²) in [5, 5.41) is 9.16. The third-order valence-corrected chi connectivity index (χ3v) is 2.74. The lowest BCUT2D eigenvalue weighted by Crippen LogP contribution is -2.01. The number of carboxylic acids is 1. The van der Waals surface area contributed by atoms with Crippen molar-refractivity contribution in [3.8, 4) is 0 Å². The molecule has 0 atom stereocenters. The van der Waals surface area contributed by atoms with E-state index in [1.165, 1.54) is 18.3 Å². The molecule has 2 N–H and O–H groups in total. The first kappa shape index (κ1) is 12.3. The predicted octanol–water partition coefficient (Wildman–Crippen LogP) is 2.74. The Kier molecular flexibility index (Phi) is 3.41. The van der Waals surface area contributed by atoms with Gasteiger partial charge in [0.05, 0.1) is 0 Å². The zero-order valence-corrected chi connectivity index (χ0v) is 9.57. The topological polar surface area (TPSA) is 70.2 Å². The van der Waals surface area contributed by atoms with Crippen molar-refractivity contribution in [2.45, 2.75) is 19.3 Å². The summed E-state index contributed by atoms with van der Waals surface area (Å²) in [5.74, 6) is -1.41. The van der Waals surface area contributed by atoms with E-state index in [0.717, 1.165) is 0 Å². The van der Waals surface area contributed by atoms with Gasteiger partial charge in [-0.3, -0.25) is 9.59 Å². The smallest absolute Gasteiger partial charge is 0.303 e. The molecule has 18 heavy (non-hydrogen) atoms. The first-order chi connectivity index (χ1) is 8.58. The average Bonchev–Trinajstić information content (AvgIpc) is 2.71. The maximum absolute atomic E-state index is 13.0. The van der Waals surface area contributed by atoms with Gasteiger partial charge in [-0.2, -0.15) is 0 Å². The number of hydrogen-bond acceptors (Lipinski definition) is 2. The zero-order valence-electron chi connectivity index (χ0n) is 9.57. The van der Waals surface area contributed by atoms with Crippen molar-refractivity contribution < 1.29 is 19.1 Å². The van der Waals surface area contributed by atoms with Crippen LogP contribution >= 0.6 is 0 Å². The fourth-order valence-electron chi connectivity index (χ4n) is 1.86. The summed E-state index contributed by atoms with van der Waals surface area (Å²) in [5.41, 5.74) is 1.05. The first-order valence-electron chi connectivity index (χ1n) is 5.59. The Balaban J connectivity index is 2.15. The van der Waals surface area contributed by atoms with Crippen LogP contribution in [0.15, 0.2) is 24.4 Å². The summed E-state index contributed by atoms with van der Waals surface area (Å²) in [6, 6.07) is 4.17. The number of carbonyl (C=O) groups excluding carboxylic acids is 1. The third-order valence-electron chi connectivity index (χ3n) is 2.74. The minimum atomic E-state index is -0.913. The Hall–Kier alpha value is -2.17. The molecular formula is C13H12FNO3. The van der Waals surface area contributed by atoms with Gasteiger partial charge >= 0.3 is 5.97 Å². The number of H-pyrrole nitrogens is 1. The molecular weight excluding hydrogens is 237 g/mol. The molecule has 1 aromatic heterocycles. The van der Waals surface area contributed by atoms with Gasteiger partial charge in [-0.15, -0.1) is 0 Å². The number of aromatic amines is 1. The number of fused-ring (bicyclic) bond motifs is 1. The molecule has 0 saturated carbocycles. The zero-order chi connectivity index (χ0) is 13.1. The molecule has 0 radical (unpaired) electrons. The van der Waals surface area contributed by atoms with E-state index in [-0.39, 0.29) is 24.4 Å². The number of nitrogens with one attached hydrogen (secondary N) is 1. The molecule has 0 bridgehead atoms. The molecule has 0 aliphatic heterocycles. The van der Waals surface area contributed by atoms with E-state index in [4.69, 9.17) is 5.11 Å². The molecule has 94 valence electrons. The summed E-state index contributed by atoms with van der Waals surface area (Å²) in [6.45, 7) is 0. The fourth-order valence-corrected chi connectivity index (χ4v) is 1.86. The van der Waals surface area contributed by atoms with E-state index >= 15 is 0 Å². The number of Topliss-reactive ketones (excluding diaryl/α,β-unsaturated/α-hetero) is 1. The Bertz CT molecular complexity index is 603. The van der Waals surface area contributed by atoms with Gasteiger partial charge in [0, 0.05) is 35.5 Å². The molecule has 1 aromatic carbocycles. The van der Waals surface area contributed by atoms with E-state index in [1.54, 1.807) is 6.07 Å². The Morgan fingerprint density at radius 2 is 2.06 bits per heavy atom. The molecule has 1 heterocycles. The van der Waals surface area contributed by atoms with Crippen molar-refractivity contribution in [2.75, 3.05) is 0 Å². The number of aromatic nitrogens is 1. The molecule has 4 nitrogen and oxygen atoms in total. The van der Waals surface area contributed by atoms with Gasteiger partial charge in [0.1, 0.15) is 5.82 Å². The van der Waals surface area contributed by atoms with Crippen molar-refractivity contribution in [2.24, 2.45) is 0 Å². The van der Waals surface area contributed by atoms with Crippen LogP contribution in [-0.2, 0) is 4.79 Å². The summed E-state index contributed by atoms with van der Waals surface area (Å²) >= 11 is 0. The van der Waals surface area contributed by atoms with Crippen molar-refractivity contribution in [3.63, 3.8) is 0 Å². The van der Waals surface area contributed by atoms with Crippen LogP contribution in [0.25, 0.3) is 10.9 Å². The standard InChI is InChI=1S/C13H12FNO3/c14-8-4-5-9-10(7-15-11(9)6-8)12(16)2-1-3-13(17)18/h4-7,15H,1-3H2,(H,17,18). The highest BCUT2D eigenvalue weighted by Gasteiger charge is 2.12. The second kappa shape index (κ2) is 5.00. The van der Waals surface area contributed by atoms with E-state index in [9.17, 15) is 14.0 Å². The van der Waals surface area contributed by atoms with Crippen LogP contribution in [0.5, 0.6) is 0 Å². The number of halogens is 1. The average molecular weight is 249 g/mol. The Morgan fingerprint density at radius 1 is 1.28 bits per heavy atom. The van der Waals surface area contributed by atoms with Crippen LogP contribution in [0.1, 0.15) is 29.6 Å². The highest BCUT2D eigenvalue weighted by molar-refractivity contribution is 6.07. The molecule has 2 rings (SSSR count). The first-order valence-corrected chi connectivity index (χ1v) is 5.59. The molecule has 0 aliphatic carbocycles. The van der Waals surface area contributed by atoms with Crippen LogP contribution in [0.3, 0.4) is 0 Å². The minimum absolute atomic E-state index is 0.0251. The second-order valence-electron chi connectivity index (χ2n) is 4.06. The maximum Gasteiger partial charge on any atom is 0.303 e. The highest BCUT2D eigenvalue weighted by atomic mass is 19.1. The molecule has 2 aromatic rings.